The Morgan fingerprint density at radius 1 is 1.33 bits per heavy atom. The summed E-state index contributed by atoms with van der Waals surface area (Å²) in [6.45, 7) is 3.17. The quantitative estimate of drug-likeness (QED) is 0.817. The number of carbonyl (C=O) groups excluding carboxylic acids is 1. The Morgan fingerprint density at radius 2 is 2.14 bits per heavy atom. The van der Waals surface area contributed by atoms with E-state index in [1.807, 2.05) is 12.1 Å². The number of aromatic nitrogens is 1. The van der Waals surface area contributed by atoms with Crippen molar-refractivity contribution in [2.24, 2.45) is 0 Å². The van der Waals surface area contributed by atoms with E-state index in [0.717, 1.165) is 55.6 Å². The lowest BCUT2D eigenvalue weighted by atomic mass is 10.0. The summed E-state index contributed by atoms with van der Waals surface area (Å²) in [6, 6.07) is 4.28. The van der Waals surface area contributed by atoms with Crippen LogP contribution < -0.4 is 10.6 Å². The number of hydrogen-bond acceptors (Lipinski definition) is 4. The first-order chi connectivity index (χ1) is 10.2. The summed E-state index contributed by atoms with van der Waals surface area (Å²) in [5, 5.41) is 6.39. The van der Waals surface area contributed by atoms with Crippen molar-refractivity contribution >= 4 is 27.5 Å². The minimum absolute atomic E-state index is 0.0109. The first kappa shape index (κ1) is 14.9. The van der Waals surface area contributed by atoms with Gasteiger partial charge in [0, 0.05) is 6.04 Å². The van der Waals surface area contributed by atoms with Crippen molar-refractivity contribution in [2.45, 2.75) is 37.8 Å². The van der Waals surface area contributed by atoms with Gasteiger partial charge in [0.1, 0.15) is 4.60 Å². The average molecular weight is 353 g/mol. The Bertz CT molecular complexity index is 487. The standard InChI is InChI=1S/C15H21BrN4O/c16-14-4-3-11(10-18-14)19-15(21)13-2-1-9-20(13)12-5-7-17-8-6-12/h3-4,10,12-13,17H,1-2,5-9H2,(H,19,21). The third-order valence-electron chi connectivity index (χ3n) is 4.37. The van der Waals surface area contributed by atoms with Crippen LogP contribution in [0.25, 0.3) is 0 Å². The fourth-order valence-electron chi connectivity index (χ4n) is 3.32. The zero-order valence-electron chi connectivity index (χ0n) is 12.0. The maximum absolute atomic E-state index is 12.5. The first-order valence-electron chi connectivity index (χ1n) is 7.63. The van der Waals surface area contributed by atoms with Gasteiger partial charge in [-0.2, -0.15) is 0 Å². The summed E-state index contributed by atoms with van der Waals surface area (Å²) in [5.41, 5.74) is 0.764. The molecule has 3 heterocycles. The fourth-order valence-corrected chi connectivity index (χ4v) is 3.56. The molecular formula is C15H21BrN4O. The van der Waals surface area contributed by atoms with Gasteiger partial charge in [-0.1, -0.05) is 0 Å². The van der Waals surface area contributed by atoms with E-state index < -0.39 is 0 Å². The summed E-state index contributed by atoms with van der Waals surface area (Å²) in [7, 11) is 0. The Hall–Kier alpha value is -0.980. The van der Waals surface area contributed by atoms with Gasteiger partial charge in [-0.25, -0.2) is 4.98 Å². The number of pyridine rings is 1. The summed E-state index contributed by atoms with van der Waals surface area (Å²) in [5.74, 6) is 0.107. The number of rotatable bonds is 3. The van der Waals surface area contributed by atoms with Gasteiger partial charge in [0.15, 0.2) is 0 Å². The number of nitrogens with one attached hydrogen (secondary N) is 2. The lowest BCUT2D eigenvalue weighted by Gasteiger charge is -2.35. The number of nitrogens with zero attached hydrogens (tertiary/aromatic N) is 2. The van der Waals surface area contributed by atoms with Crippen molar-refractivity contribution in [3.8, 4) is 0 Å². The molecule has 1 unspecified atom stereocenters. The molecule has 2 aliphatic heterocycles. The molecule has 2 saturated heterocycles. The first-order valence-corrected chi connectivity index (χ1v) is 8.42. The van der Waals surface area contributed by atoms with Crippen molar-refractivity contribution in [3.05, 3.63) is 22.9 Å². The highest BCUT2D eigenvalue weighted by Gasteiger charge is 2.35. The zero-order valence-corrected chi connectivity index (χ0v) is 13.6. The molecule has 0 saturated carbocycles. The van der Waals surface area contributed by atoms with E-state index in [0.29, 0.717) is 6.04 Å². The Labute approximate surface area is 133 Å². The lowest BCUT2D eigenvalue weighted by Crippen LogP contribution is -2.49. The number of piperidine rings is 1. The van der Waals surface area contributed by atoms with Crippen LogP contribution in [0.3, 0.4) is 0 Å². The molecule has 0 radical (unpaired) electrons. The number of hydrogen-bond donors (Lipinski definition) is 2. The number of carbonyl (C=O) groups is 1. The summed E-state index contributed by atoms with van der Waals surface area (Å²) in [4.78, 5) is 19.1. The molecule has 5 nitrogen and oxygen atoms in total. The van der Waals surface area contributed by atoms with Crippen molar-refractivity contribution in [3.63, 3.8) is 0 Å². The minimum Gasteiger partial charge on any atom is -0.323 e. The zero-order chi connectivity index (χ0) is 14.7. The second-order valence-corrected chi connectivity index (χ2v) is 6.55. The normalized spacial score (nSPS) is 24.1. The highest BCUT2D eigenvalue weighted by atomic mass is 79.9. The smallest absolute Gasteiger partial charge is 0.241 e. The van der Waals surface area contributed by atoms with Crippen LogP contribution in [0, 0.1) is 0 Å². The number of amides is 1. The average Bonchev–Trinajstić information content (AvgIpc) is 3.00. The van der Waals surface area contributed by atoms with Gasteiger partial charge in [0.25, 0.3) is 0 Å². The molecule has 2 fully saturated rings. The van der Waals surface area contributed by atoms with E-state index in [9.17, 15) is 4.79 Å². The van der Waals surface area contributed by atoms with Crippen molar-refractivity contribution in [1.29, 1.82) is 0 Å². The third-order valence-corrected chi connectivity index (χ3v) is 4.84. The van der Waals surface area contributed by atoms with E-state index in [1.54, 1.807) is 6.20 Å². The van der Waals surface area contributed by atoms with Gasteiger partial charge in [0.2, 0.25) is 5.91 Å². The van der Waals surface area contributed by atoms with E-state index in [4.69, 9.17) is 0 Å². The molecule has 1 aromatic heterocycles. The molecule has 2 aliphatic rings. The topological polar surface area (TPSA) is 57.3 Å². The SMILES string of the molecule is O=C(Nc1ccc(Br)nc1)C1CCCN1C1CCNCC1. The molecular weight excluding hydrogens is 332 g/mol. The van der Waals surface area contributed by atoms with Gasteiger partial charge in [0.05, 0.1) is 17.9 Å². The largest absolute Gasteiger partial charge is 0.323 e. The van der Waals surface area contributed by atoms with Gasteiger partial charge >= 0.3 is 0 Å². The number of likely N-dealkylation sites (tertiary alicyclic amines) is 1. The molecule has 3 rings (SSSR count). The molecule has 6 heteroatoms. The van der Waals surface area contributed by atoms with E-state index in [2.05, 4.69) is 36.4 Å². The molecule has 21 heavy (non-hydrogen) atoms. The lowest BCUT2D eigenvalue weighted by molar-refractivity contribution is -0.121. The monoisotopic (exact) mass is 352 g/mol. The second-order valence-electron chi connectivity index (χ2n) is 5.74. The van der Waals surface area contributed by atoms with Gasteiger partial charge in [-0.05, 0) is 73.4 Å². The molecule has 1 atom stereocenters. The van der Waals surface area contributed by atoms with Crippen LogP contribution in [0.15, 0.2) is 22.9 Å². The summed E-state index contributed by atoms with van der Waals surface area (Å²) < 4.78 is 0.776. The molecule has 0 aliphatic carbocycles. The Morgan fingerprint density at radius 3 is 2.86 bits per heavy atom. The highest BCUT2D eigenvalue weighted by molar-refractivity contribution is 9.10. The number of halogens is 1. The Balaban J connectivity index is 1.63. The van der Waals surface area contributed by atoms with E-state index in [-0.39, 0.29) is 11.9 Å². The molecule has 2 N–H and O–H groups in total. The maximum Gasteiger partial charge on any atom is 0.241 e. The van der Waals surface area contributed by atoms with Crippen molar-refractivity contribution in [1.82, 2.24) is 15.2 Å². The molecule has 1 aromatic rings. The molecule has 114 valence electrons. The second kappa shape index (κ2) is 6.85. The molecule has 0 aromatic carbocycles. The van der Waals surface area contributed by atoms with Crippen LogP contribution in [0.4, 0.5) is 5.69 Å². The van der Waals surface area contributed by atoms with E-state index >= 15 is 0 Å². The Kier molecular flexibility index (Phi) is 4.87. The highest BCUT2D eigenvalue weighted by Crippen LogP contribution is 2.25. The summed E-state index contributed by atoms with van der Waals surface area (Å²) in [6.07, 6.45) is 6.04. The molecule has 0 bridgehead atoms. The summed E-state index contributed by atoms with van der Waals surface area (Å²) >= 11 is 3.30. The van der Waals surface area contributed by atoms with Crippen molar-refractivity contribution < 1.29 is 4.79 Å². The fraction of sp³-hybridized carbons (Fsp3) is 0.600. The maximum atomic E-state index is 12.5. The third kappa shape index (κ3) is 3.62. The van der Waals surface area contributed by atoms with E-state index in [1.165, 1.54) is 0 Å². The number of anilines is 1. The minimum atomic E-state index is 0.0109. The predicted molar refractivity (Wildman–Crippen MR) is 86.2 cm³/mol. The van der Waals surface area contributed by atoms with Gasteiger partial charge in [-0.3, -0.25) is 9.69 Å². The van der Waals surface area contributed by atoms with Crippen LogP contribution in [0.5, 0.6) is 0 Å². The van der Waals surface area contributed by atoms with Gasteiger partial charge < -0.3 is 10.6 Å². The van der Waals surface area contributed by atoms with Crippen LogP contribution in [0.2, 0.25) is 0 Å². The predicted octanol–water partition coefficient (Wildman–Crippen LogP) is 2.00. The van der Waals surface area contributed by atoms with Crippen LogP contribution >= 0.6 is 15.9 Å². The van der Waals surface area contributed by atoms with Crippen molar-refractivity contribution in [2.75, 3.05) is 25.0 Å². The van der Waals surface area contributed by atoms with Crippen LogP contribution in [-0.2, 0) is 4.79 Å². The van der Waals surface area contributed by atoms with Gasteiger partial charge in [-0.15, -0.1) is 0 Å². The van der Waals surface area contributed by atoms with Crippen LogP contribution in [0.1, 0.15) is 25.7 Å². The van der Waals surface area contributed by atoms with Crippen LogP contribution in [-0.4, -0.2) is 47.5 Å². The molecule has 0 spiro atoms. The molecule has 1 amide bonds.